The molecular weight excluding hydrogens is 240 g/mol. The SMILES string of the molecule is C=CCOC(=O)[C@@H]1N2C(=O)C(N)[C@H]2SC1(C)C. The second kappa shape index (κ2) is 4.03. The van der Waals surface area contributed by atoms with Crippen molar-refractivity contribution in [2.24, 2.45) is 5.73 Å². The highest BCUT2D eigenvalue weighted by molar-refractivity contribution is 8.01. The zero-order chi connectivity index (χ0) is 12.8. The Balaban J connectivity index is 2.17. The molecule has 2 N–H and O–H groups in total. The molecule has 1 unspecified atom stereocenters. The number of fused-ring (bicyclic) bond motifs is 1. The van der Waals surface area contributed by atoms with Crippen LogP contribution in [0, 0.1) is 0 Å². The molecule has 0 radical (unpaired) electrons. The van der Waals surface area contributed by atoms with Crippen LogP contribution < -0.4 is 5.73 Å². The molecule has 94 valence electrons. The van der Waals surface area contributed by atoms with E-state index in [-0.39, 0.29) is 28.6 Å². The Labute approximate surface area is 104 Å². The lowest BCUT2D eigenvalue weighted by atomic mass is 9.96. The van der Waals surface area contributed by atoms with Gasteiger partial charge in [0.2, 0.25) is 5.91 Å². The Bertz CT molecular complexity index is 383. The summed E-state index contributed by atoms with van der Waals surface area (Å²) in [5.41, 5.74) is 5.71. The van der Waals surface area contributed by atoms with Gasteiger partial charge in [-0.05, 0) is 13.8 Å². The van der Waals surface area contributed by atoms with Gasteiger partial charge in [0.1, 0.15) is 24.1 Å². The Morgan fingerprint density at radius 1 is 1.71 bits per heavy atom. The average Bonchev–Trinajstić information content (AvgIpc) is 2.54. The van der Waals surface area contributed by atoms with E-state index in [2.05, 4.69) is 6.58 Å². The molecule has 0 spiro atoms. The van der Waals surface area contributed by atoms with Gasteiger partial charge >= 0.3 is 5.97 Å². The van der Waals surface area contributed by atoms with E-state index < -0.39 is 12.1 Å². The third kappa shape index (κ3) is 1.75. The summed E-state index contributed by atoms with van der Waals surface area (Å²) in [5, 5.41) is -0.0984. The molecule has 0 aromatic rings. The third-order valence-electron chi connectivity index (χ3n) is 3.05. The van der Waals surface area contributed by atoms with Crippen molar-refractivity contribution in [3.8, 4) is 0 Å². The minimum absolute atomic E-state index is 0.0984. The van der Waals surface area contributed by atoms with Crippen molar-refractivity contribution < 1.29 is 14.3 Å². The topological polar surface area (TPSA) is 72.6 Å². The number of rotatable bonds is 3. The molecule has 1 amide bonds. The van der Waals surface area contributed by atoms with Crippen LogP contribution in [0.2, 0.25) is 0 Å². The maximum absolute atomic E-state index is 11.9. The van der Waals surface area contributed by atoms with Crippen LogP contribution >= 0.6 is 11.8 Å². The number of thioether (sulfide) groups is 1. The Kier molecular flexibility index (Phi) is 2.95. The highest BCUT2D eigenvalue weighted by Crippen LogP contribution is 2.50. The quantitative estimate of drug-likeness (QED) is 0.440. The molecule has 0 aromatic heterocycles. The molecule has 0 saturated carbocycles. The van der Waals surface area contributed by atoms with E-state index in [1.807, 2.05) is 13.8 Å². The van der Waals surface area contributed by atoms with Crippen molar-refractivity contribution in [1.29, 1.82) is 0 Å². The normalized spacial score (nSPS) is 33.9. The minimum Gasteiger partial charge on any atom is -0.460 e. The van der Waals surface area contributed by atoms with E-state index in [4.69, 9.17) is 10.5 Å². The number of carbonyl (C=O) groups is 2. The van der Waals surface area contributed by atoms with Crippen molar-refractivity contribution in [1.82, 2.24) is 4.90 Å². The lowest BCUT2D eigenvalue weighted by molar-refractivity contribution is -0.162. The van der Waals surface area contributed by atoms with Crippen LogP contribution in [0.4, 0.5) is 0 Å². The molecule has 2 heterocycles. The molecule has 2 aliphatic rings. The zero-order valence-electron chi connectivity index (χ0n) is 9.88. The number of ether oxygens (including phenoxy) is 1. The summed E-state index contributed by atoms with van der Waals surface area (Å²) in [6, 6.07) is -1.04. The molecule has 17 heavy (non-hydrogen) atoms. The lowest BCUT2D eigenvalue weighted by Crippen LogP contribution is -2.68. The average molecular weight is 256 g/mol. The van der Waals surface area contributed by atoms with Crippen LogP contribution in [0.25, 0.3) is 0 Å². The summed E-state index contributed by atoms with van der Waals surface area (Å²) in [6.07, 6.45) is 1.51. The summed E-state index contributed by atoms with van der Waals surface area (Å²) in [4.78, 5) is 25.2. The highest BCUT2D eigenvalue weighted by Gasteiger charge is 2.63. The summed E-state index contributed by atoms with van der Waals surface area (Å²) in [7, 11) is 0. The summed E-state index contributed by atoms with van der Waals surface area (Å²) >= 11 is 1.55. The van der Waals surface area contributed by atoms with Gasteiger partial charge in [0, 0.05) is 4.75 Å². The van der Waals surface area contributed by atoms with Crippen LogP contribution in [0.5, 0.6) is 0 Å². The Morgan fingerprint density at radius 2 is 2.35 bits per heavy atom. The molecule has 0 bridgehead atoms. The first-order valence-electron chi connectivity index (χ1n) is 5.43. The first-order chi connectivity index (χ1) is 7.90. The Morgan fingerprint density at radius 3 is 2.94 bits per heavy atom. The number of β-lactam (4-membered cyclic amide) rings is 1. The van der Waals surface area contributed by atoms with Crippen LogP contribution in [-0.4, -0.2) is 45.6 Å². The standard InChI is InChI=1S/C11H16N2O3S/c1-4-5-16-10(15)7-11(2,3)17-9-6(12)8(14)13(7)9/h4,6-7,9H,1,5,12H2,2-3H3/t6?,7-,9+/m0/s1. The van der Waals surface area contributed by atoms with Crippen molar-refractivity contribution in [2.45, 2.75) is 36.1 Å². The van der Waals surface area contributed by atoms with Crippen LogP contribution in [0.1, 0.15) is 13.8 Å². The first kappa shape index (κ1) is 12.4. The van der Waals surface area contributed by atoms with Crippen LogP contribution in [0.15, 0.2) is 12.7 Å². The van der Waals surface area contributed by atoms with Crippen LogP contribution in [-0.2, 0) is 14.3 Å². The third-order valence-corrected chi connectivity index (χ3v) is 4.64. The summed E-state index contributed by atoms with van der Waals surface area (Å²) in [6.45, 7) is 7.50. The predicted octanol–water partition coefficient (Wildman–Crippen LogP) is 0.105. The van der Waals surface area contributed by atoms with Gasteiger partial charge < -0.3 is 15.4 Å². The van der Waals surface area contributed by atoms with Gasteiger partial charge in [0.25, 0.3) is 0 Å². The molecule has 2 fully saturated rings. The number of esters is 1. The fraction of sp³-hybridized carbons (Fsp3) is 0.636. The summed E-state index contributed by atoms with van der Waals surface area (Å²) < 4.78 is 4.67. The molecule has 5 nitrogen and oxygen atoms in total. The van der Waals surface area contributed by atoms with E-state index in [0.717, 1.165) is 0 Å². The van der Waals surface area contributed by atoms with E-state index in [0.29, 0.717) is 0 Å². The number of nitrogens with zero attached hydrogens (tertiary/aromatic N) is 1. The monoisotopic (exact) mass is 256 g/mol. The van der Waals surface area contributed by atoms with Gasteiger partial charge in [-0.25, -0.2) is 4.79 Å². The number of hydrogen-bond acceptors (Lipinski definition) is 5. The minimum atomic E-state index is -0.551. The molecule has 0 aliphatic carbocycles. The molecule has 0 aromatic carbocycles. The van der Waals surface area contributed by atoms with Crippen molar-refractivity contribution in [3.63, 3.8) is 0 Å². The van der Waals surface area contributed by atoms with Crippen molar-refractivity contribution in [3.05, 3.63) is 12.7 Å². The summed E-state index contributed by atoms with van der Waals surface area (Å²) in [5.74, 6) is -0.557. The highest BCUT2D eigenvalue weighted by atomic mass is 32.2. The van der Waals surface area contributed by atoms with Crippen molar-refractivity contribution in [2.75, 3.05) is 6.61 Å². The van der Waals surface area contributed by atoms with Gasteiger partial charge in [-0.1, -0.05) is 12.7 Å². The first-order valence-corrected chi connectivity index (χ1v) is 6.31. The number of carbonyl (C=O) groups excluding carboxylic acids is 2. The molecule has 6 heteroatoms. The fourth-order valence-electron chi connectivity index (χ4n) is 2.24. The molecule has 3 atom stereocenters. The second-order valence-corrected chi connectivity index (χ2v) is 6.48. The smallest absolute Gasteiger partial charge is 0.330 e. The van der Waals surface area contributed by atoms with Gasteiger partial charge in [0.15, 0.2) is 0 Å². The van der Waals surface area contributed by atoms with E-state index >= 15 is 0 Å². The van der Waals surface area contributed by atoms with Gasteiger partial charge in [0.05, 0.1) is 0 Å². The molecule has 2 rings (SSSR count). The number of hydrogen-bond donors (Lipinski definition) is 1. The number of amides is 1. The van der Waals surface area contributed by atoms with Crippen LogP contribution in [0.3, 0.4) is 0 Å². The van der Waals surface area contributed by atoms with Crippen molar-refractivity contribution >= 4 is 23.6 Å². The molecule has 2 saturated heterocycles. The zero-order valence-corrected chi connectivity index (χ0v) is 10.7. The van der Waals surface area contributed by atoms with Gasteiger partial charge in [-0.3, -0.25) is 4.79 Å². The Hall–Kier alpha value is -1.01. The fourth-order valence-corrected chi connectivity index (χ4v) is 3.81. The lowest BCUT2D eigenvalue weighted by Gasteiger charge is -2.41. The van der Waals surface area contributed by atoms with E-state index in [9.17, 15) is 9.59 Å². The van der Waals surface area contributed by atoms with E-state index in [1.54, 1.807) is 16.7 Å². The van der Waals surface area contributed by atoms with Gasteiger partial charge in [-0.15, -0.1) is 11.8 Å². The number of nitrogens with two attached hydrogens (primary N) is 1. The maximum atomic E-state index is 11.9. The second-order valence-electron chi connectivity index (χ2n) is 4.70. The predicted molar refractivity (Wildman–Crippen MR) is 65.2 cm³/mol. The maximum Gasteiger partial charge on any atom is 0.330 e. The molecule has 2 aliphatic heterocycles. The molecular formula is C11H16N2O3S. The largest absolute Gasteiger partial charge is 0.460 e. The van der Waals surface area contributed by atoms with Gasteiger partial charge in [-0.2, -0.15) is 0 Å². The van der Waals surface area contributed by atoms with E-state index in [1.165, 1.54) is 6.08 Å².